The molecule has 2 aromatic carbocycles. The molecule has 1 aromatic heterocycles. The zero-order valence-electron chi connectivity index (χ0n) is 14.0. The third-order valence-corrected chi connectivity index (χ3v) is 4.68. The number of benzene rings is 2. The SMILES string of the molecule is COc1ccc(Cl)cc1SNC(=O)c1cc2ccc(N(C)C)cc2o1. The number of amides is 1. The fourth-order valence-electron chi connectivity index (χ4n) is 2.29. The van der Waals surface area contributed by atoms with Crippen LogP contribution in [0.3, 0.4) is 0 Å². The van der Waals surface area contributed by atoms with Crippen molar-refractivity contribution in [2.45, 2.75) is 4.90 Å². The average molecular weight is 377 g/mol. The lowest BCUT2D eigenvalue weighted by Crippen LogP contribution is -2.14. The van der Waals surface area contributed by atoms with Gasteiger partial charge in [0.1, 0.15) is 11.3 Å². The van der Waals surface area contributed by atoms with Crippen LogP contribution in [-0.4, -0.2) is 27.1 Å². The van der Waals surface area contributed by atoms with Crippen LogP contribution in [0.4, 0.5) is 5.69 Å². The first kappa shape index (κ1) is 17.5. The minimum atomic E-state index is -0.324. The fourth-order valence-corrected chi connectivity index (χ4v) is 3.27. The van der Waals surface area contributed by atoms with Gasteiger partial charge in [-0.1, -0.05) is 11.6 Å². The molecule has 0 unspecified atom stereocenters. The predicted molar refractivity (Wildman–Crippen MR) is 102 cm³/mol. The standard InChI is InChI=1S/C18H17ClN2O3S/c1-21(2)13-6-4-11-8-16(24-15(11)10-13)18(22)20-25-17-9-12(19)5-7-14(17)23-3/h4-10H,1-3H3,(H,20,22). The van der Waals surface area contributed by atoms with E-state index in [1.807, 2.05) is 37.2 Å². The number of ether oxygens (including phenoxy) is 1. The topological polar surface area (TPSA) is 54.7 Å². The molecule has 0 spiro atoms. The summed E-state index contributed by atoms with van der Waals surface area (Å²) in [6, 6.07) is 12.7. The number of hydrogen-bond donors (Lipinski definition) is 1. The van der Waals surface area contributed by atoms with E-state index in [2.05, 4.69) is 4.72 Å². The maximum atomic E-state index is 12.4. The molecule has 3 aromatic rings. The van der Waals surface area contributed by atoms with Crippen molar-refractivity contribution in [1.82, 2.24) is 4.72 Å². The number of halogens is 1. The minimum Gasteiger partial charge on any atom is -0.496 e. The number of nitrogens with zero attached hydrogens (tertiary/aromatic N) is 1. The molecule has 3 rings (SSSR count). The van der Waals surface area contributed by atoms with Crippen LogP contribution in [-0.2, 0) is 0 Å². The summed E-state index contributed by atoms with van der Waals surface area (Å²) in [7, 11) is 5.47. The van der Waals surface area contributed by atoms with E-state index in [-0.39, 0.29) is 11.7 Å². The molecule has 7 heteroatoms. The third-order valence-electron chi connectivity index (χ3n) is 3.62. The molecule has 0 fully saturated rings. The monoisotopic (exact) mass is 376 g/mol. The van der Waals surface area contributed by atoms with Gasteiger partial charge in [-0.25, -0.2) is 0 Å². The fraction of sp³-hybridized carbons (Fsp3) is 0.167. The number of anilines is 1. The molecule has 0 aliphatic carbocycles. The van der Waals surface area contributed by atoms with Gasteiger partial charge < -0.3 is 14.1 Å². The minimum absolute atomic E-state index is 0.249. The lowest BCUT2D eigenvalue weighted by Gasteiger charge is -2.11. The van der Waals surface area contributed by atoms with E-state index in [0.717, 1.165) is 23.0 Å². The number of rotatable bonds is 5. The third kappa shape index (κ3) is 3.86. The zero-order valence-corrected chi connectivity index (χ0v) is 15.6. The summed E-state index contributed by atoms with van der Waals surface area (Å²) in [5.41, 5.74) is 1.67. The maximum Gasteiger partial charge on any atom is 0.297 e. The lowest BCUT2D eigenvalue weighted by molar-refractivity contribution is 0.0959. The van der Waals surface area contributed by atoms with E-state index in [9.17, 15) is 4.79 Å². The van der Waals surface area contributed by atoms with Crippen LogP contribution in [0.5, 0.6) is 5.75 Å². The van der Waals surface area contributed by atoms with Crippen LogP contribution in [0, 0.1) is 0 Å². The smallest absolute Gasteiger partial charge is 0.297 e. The predicted octanol–water partition coefficient (Wildman–Crippen LogP) is 4.60. The molecule has 0 aliphatic heterocycles. The second-order valence-electron chi connectivity index (χ2n) is 5.56. The van der Waals surface area contributed by atoms with Gasteiger partial charge in [0, 0.05) is 36.3 Å². The summed E-state index contributed by atoms with van der Waals surface area (Å²) in [5, 5.41) is 1.44. The van der Waals surface area contributed by atoms with Gasteiger partial charge in [0.2, 0.25) is 0 Å². The maximum absolute atomic E-state index is 12.4. The van der Waals surface area contributed by atoms with Crippen LogP contribution in [0.25, 0.3) is 11.0 Å². The first-order valence-electron chi connectivity index (χ1n) is 7.49. The molecule has 0 saturated carbocycles. The van der Waals surface area contributed by atoms with Crippen LogP contribution in [0.1, 0.15) is 10.6 Å². The van der Waals surface area contributed by atoms with E-state index >= 15 is 0 Å². The number of methoxy groups -OCH3 is 1. The van der Waals surface area contributed by atoms with Crippen molar-refractivity contribution in [3.05, 3.63) is 53.2 Å². The molecular formula is C18H17ClN2O3S. The molecule has 0 aliphatic rings. The number of hydrogen-bond acceptors (Lipinski definition) is 5. The van der Waals surface area contributed by atoms with Gasteiger partial charge in [0.15, 0.2) is 5.76 Å². The highest BCUT2D eigenvalue weighted by molar-refractivity contribution is 7.98. The molecule has 0 radical (unpaired) electrons. The van der Waals surface area contributed by atoms with Crippen LogP contribution in [0.2, 0.25) is 5.02 Å². The number of carbonyl (C=O) groups excluding carboxylic acids is 1. The molecule has 5 nitrogen and oxygen atoms in total. The van der Waals surface area contributed by atoms with Crippen molar-refractivity contribution in [2.75, 3.05) is 26.1 Å². The van der Waals surface area contributed by atoms with Crippen LogP contribution < -0.4 is 14.4 Å². The Morgan fingerprint density at radius 2 is 2.00 bits per heavy atom. The number of furan rings is 1. The molecule has 25 heavy (non-hydrogen) atoms. The van der Waals surface area contributed by atoms with E-state index < -0.39 is 0 Å². The van der Waals surface area contributed by atoms with Gasteiger partial charge in [-0.05, 0) is 48.3 Å². The summed E-state index contributed by atoms with van der Waals surface area (Å²) in [5.74, 6) is 0.559. The number of nitrogens with one attached hydrogen (secondary N) is 1. The summed E-state index contributed by atoms with van der Waals surface area (Å²) in [4.78, 5) is 15.1. The Morgan fingerprint density at radius 3 is 2.72 bits per heavy atom. The van der Waals surface area contributed by atoms with E-state index in [4.69, 9.17) is 20.8 Å². The van der Waals surface area contributed by atoms with Crippen molar-refractivity contribution in [2.24, 2.45) is 0 Å². The molecule has 130 valence electrons. The molecule has 1 amide bonds. The highest BCUT2D eigenvalue weighted by Gasteiger charge is 2.14. The van der Waals surface area contributed by atoms with Crippen molar-refractivity contribution < 1.29 is 13.9 Å². The van der Waals surface area contributed by atoms with Gasteiger partial charge in [-0.3, -0.25) is 9.52 Å². The molecule has 0 atom stereocenters. The first-order valence-corrected chi connectivity index (χ1v) is 8.69. The van der Waals surface area contributed by atoms with Gasteiger partial charge >= 0.3 is 0 Å². The summed E-state index contributed by atoms with van der Waals surface area (Å²) in [6.45, 7) is 0. The Morgan fingerprint density at radius 1 is 1.20 bits per heavy atom. The Labute approximate surface area is 155 Å². The van der Waals surface area contributed by atoms with Gasteiger partial charge in [-0.2, -0.15) is 0 Å². The van der Waals surface area contributed by atoms with Crippen molar-refractivity contribution in [3.8, 4) is 5.75 Å². The van der Waals surface area contributed by atoms with E-state index in [1.54, 1.807) is 31.4 Å². The van der Waals surface area contributed by atoms with Gasteiger partial charge in [0.05, 0.1) is 12.0 Å². The second kappa shape index (κ2) is 7.29. The lowest BCUT2D eigenvalue weighted by atomic mass is 10.2. The Hall–Kier alpha value is -2.31. The normalized spacial score (nSPS) is 10.7. The van der Waals surface area contributed by atoms with Crippen molar-refractivity contribution >= 4 is 46.1 Å². The van der Waals surface area contributed by atoms with E-state index in [0.29, 0.717) is 21.3 Å². The first-order chi connectivity index (χ1) is 12.0. The Kier molecular flexibility index (Phi) is 5.11. The molecular weight excluding hydrogens is 360 g/mol. The van der Waals surface area contributed by atoms with Crippen LogP contribution in [0.15, 0.2) is 51.8 Å². The highest BCUT2D eigenvalue weighted by Crippen LogP contribution is 2.31. The Balaban J connectivity index is 1.77. The van der Waals surface area contributed by atoms with Gasteiger partial charge in [0.25, 0.3) is 5.91 Å². The molecule has 1 heterocycles. The number of carbonyl (C=O) groups is 1. The quantitative estimate of drug-likeness (QED) is 0.659. The molecule has 1 N–H and O–H groups in total. The molecule has 0 bridgehead atoms. The van der Waals surface area contributed by atoms with Crippen molar-refractivity contribution in [3.63, 3.8) is 0 Å². The average Bonchev–Trinajstić information content (AvgIpc) is 3.03. The van der Waals surface area contributed by atoms with Crippen LogP contribution >= 0.6 is 23.5 Å². The zero-order chi connectivity index (χ0) is 18.0. The molecule has 0 saturated heterocycles. The largest absolute Gasteiger partial charge is 0.496 e. The number of fused-ring (bicyclic) bond motifs is 1. The van der Waals surface area contributed by atoms with Gasteiger partial charge in [-0.15, -0.1) is 0 Å². The Bertz CT molecular complexity index is 924. The van der Waals surface area contributed by atoms with Crippen molar-refractivity contribution in [1.29, 1.82) is 0 Å². The van der Waals surface area contributed by atoms with E-state index in [1.165, 1.54) is 0 Å². The highest BCUT2D eigenvalue weighted by atomic mass is 35.5. The summed E-state index contributed by atoms with van der Waals surface area (Å²) < 4.78 is 13.7. The second-order valence-corrected chi connectivity index (χ2v) is 6.84. The summed E-state index contributed by atoms with van der Waals surface area (Å²) >= 11 is 7.13. The summed E-state index contributed by atoms with van der Waals surface area (Å²) in [6.07, 6.45) is 0.